The molecule has 0 spiro atoms. The minimum Gasteiger partial charge on any atom is -0.480 e. The van der Waals surface area contributed by atoms with Gasteiger partial charge in [-0.25, -0.2) is 5.43 Å². The van der Waals surface area contributed by atoms with Gasteiger partial charge in [-0.05, 0) is 11.1 Å². The quantitative estimate of drug-likeness (QED) is 0.652. The van der Waals surface area contributed by atoms with Gasteiger partial charge in [0.25, 0.3) is 0 Å². The van der Waals surface area contributed by atoms with Gasteiger partial charge in [0.2, 0.25) is 5.91 Å². The molecule has 124 valence electrons. The normalized spacial score (nSPS) is 12.0. The number of carboxylic acid groups (broad SMARTS) is 1. The molecular formula is C19H20N2O3. The van der Waals surface area contributed by atoms with Gasteiger partial charge >= 0.3 is 5.97 Å². The van der Waals surface area contributed by atoms with Crippen molar-refractivity contribution in [1.29, 1.82) is 0 Å². The van der Waals surface area contributed by atoms with E-state index in [1.54, 1.807) is 6.08 Å². The third-order valence-electron chi connectivity index (χ3n) is 3.38. The SMILES string of the molecule is O=C(CC=Cc1ccccc1)NNC(Cc1ccccc1)C(=O)O. The summed E-state index contributed by atoms with van der Waals surface area (Å²) in [6.45, 7) is 0. The minimum absolute atomic E-state index is 0.166. The number of hydrogen-bond donors (Lipinski definition) is 3. The van der Waals surface area contributed by atoms with Crippen molar-refractivity contribution in [3.63, 3.8) is 0 Å². The zero-order valence-electron chi connectivity index (χ0n) is 13.2. The predicted octanol–water partition coefficient (Wildman–Crippen LogP) is 2.41. The van der Waals surface area contributed by atoms with E-state index in [1.807, 2.05) is 66.7 Å². The Morgan fingerprint density at radius 1 is 1.00 bits per heavy atom. The van der Waals surface area contributed by atoms with Crippen molar-refractivity contribution in [2.45, 2.75) is 18.9 Å². The Morgan fingerprint density at radius 3 is 2.25 bits per heavy atom. The maximum Gasteiger partial charge on any atom is 0.322 e. The summed E-state index contributed by atoms with van der Waals surface area (Å²) in [5.41, 5.74) is 6.92. The number of carbonyl (C=O) groups is 2. The van der Waals surface area contributed by atoms with Crippen LogP contribution in [0.2, 0.25) is 0 Å². The van der Waals surface area contributed by atoms with Crippen LogP contribution < -0.4 is 10.9 Å². The van der Waals surface area contributed by atoms with Crippen LogP contribution in [0.5, 0.6) is 0 Å². The summed E-state index contributed by atoms with van der Waals surface area (Å²) in [4.78, 5) is 23.1. The van der Waals surface area contributed by atoms with E-state index in [0.29, 0.717) is 0 Å². The molecule has 0 saturated carbocycles. The van der Waals surface area contributed by atoms with Gasteiger partial charge in [-0.15, -0.1) is 0 Å². The molecule has 2 aromatic carbocycles. The Kier molecular flexibility index (Phi) is 6.73. The van der Waals surface area contributed by atoms with Crippen molar-refractivity contribution in [3.05, 3.63) is 77.9 Å². The van der Waals surface area contributed by atoms with Crippen molar-refractivity contribution >= 4 is 18.0 Å². The first-order valence-corrected chi connectivity index (χ1v) is 7.68. The molecule has 1 atom stereocenters. The van der Waals surface area contributed by atoms with Crippen LogP contribution in [0.25, 0.3) is 6.08 Å². The number of nitrogens with one attached hydrogen (secondary N) is 2. The number of carboxylic acids is 1. The first-order chi connectivity index (χ1) is 11.6. The highest BCUT2D eigenvalue weighted by atomic mass is 16.4. The summed E-state index contributed by atoms with van der Waals surface area (Å²) in [5, 5.41) is 9.24. The number of rotatable bonds is 8. The number of hydrazine groups is 1. The Hall–Kier alpha value is -2.92. The minimum atomic E-state index is -1.01. The lowest BCUT2D eigenvalue weighted by Gasteiger charge is -2.15. The van der Waals surface area contributed by atoms with Gasteiger partial charge in [0.1, 0.15) is 6.04 Å². The lowest BCUT2D eigenvalue weighted by molar-refractivity contribution is -0.140. The Balaban J connectivity index is 1.80. The maximum atomic E-state index is 11.8. The van der Waals surface area contributed by atoms with Gasteiger partial charge in [0.15, 0.2) is 0 Å². The molecule has 2 rings (SSSR count). The molecule has 0 aliphatic rings. The molecule has 0 fully saturated rings. The number of amides is 1. The predicted molar refractivity (Wildman–Crippen MR) is 92.9 cm³/mol. The molecule has 2 aromatic rings. The van der Waals surface area contributed by atoms with Crippen molar-refractivity contribution in [2.75, 3.05) is 0 Å². The van der Waals surface area contributed by atoms with Crippen LogP contribution in [0.3, 0.4) is 0 Å². The fourth-order valence-corrected chi connectivity index (χ4v) is 2.13. The van der Waals surface area contributed by atoms with E-state index in [9.17, 15) is 14.7 Å². The molecule has 5 heteroatoms. The summed E-state index contributed by atoms with van der Waals surface area (Å²) in [6, 6.07) is 18.0. The highest BCUT2D eigenvalue weighted by Crippen LogP contribution is 2.03. The molecule has 0 aliphatic heterocycles. The maximum absolute atomic E-state index is 11.8. The van der Waals surface area contributed by atoms with Gasteiger partial charge < -0.3 is 5.11 Å². The molecular weight excluding hydrogens is 304 g/mol. The highest BCUT2D eigenvalue weighted by Gasteiger charge is 2.18. The largest absolute Gasteiger partial charge is 0.480 e. The average Bonchev–Trinajstić information content (AvgIpc) is 2.60. The second-order valence-corrected chi connectivity index (χ2v) is 5.29. The van der Waals surface area contributed by atoms with Gasteiger partial charge in [-0.3, -0.25) is 15.0 Å². The van der Waals surface area contributed by atoms with Crippen LogP contribution in [0.15, 0.2) is 66.7 Å². The van der Waals surface area contributed by atoms with E-state index < -0.39 is 12.0 Å². The lowest BCUT2D eigenvalue weighted by atomic mass is 10.1. The number of carbonyl (C=O) groups excluding carboxylic acids is 1. The Morgan fingerprint density at radius 2 is 1.62 bits per heavy atom. The zero-order valence-corrected chi connectivity index (χ0v) is 13.2. The van der Waals surface area contributed by atoms with Crippen molar-refractivity contribution in [2.24, 2.45) is 0 Å². The fourth-order valence-electron chi connectivity index (χ4n) is 2.13. The first-order valence-electron chi connectivity index (χ1n) is 7.68. The molecule has 0 radical (unpaired) electrons. The van der Waals surface area contributed by atoms with Crippen LogP contribution >= 0.6 is 0 Å². The standard InChI is InChI=1S/C19H20N2O3/c22-18(13-7-12-15-8-3-1-4-9-15)21-20-17(19(23)24)14-16-10-5-2-6-11-16/h1-12,17,20H,13-14H2,(H,21,22)(H,23,24). The Bertz CT molecular complexity index is 684. The lowest BCUT2D eigenvalue weighted by Crippen LogP contribution is -2.49. The summed E-state index contributed by atoms with van der Waals surface area (Å²) in [5.74, 6) is -1.31. The molecule has 0 heterocycles. The zero-order chi connectivity index (χ0) is 17.2. The number of benzene rings is 2. The van der Waals surface area contributed by atoms with Crippen molar-refractivity contribution in [3.8, 4) is 0 Å². The van der Waals surface area contributed by atoms with E-state index in [0.717, 1.165) is 11.1 Å². The summed E-state index contributed by atoms with van der Waals surface area (Å²) < 4.78 is 0. The highest BCUT2D eigenvalue weighted by molar-refractivity contribution is 5.79. The smallest absolute Gasteiger partial charge is 0.322 e. The van der Waals surface area contributed by atoms with E-state index in [2.05, 4.69) is 10.9 Å². The van der Waals surface area contributed by atoms with Gasteiger partial charge in [0, 0.05) is 12.8 Å². The topological polar surface area (TPSA) is 78.4 Å². The van der Waals surface area contributed by atoms with Gasteiger partial charge in [-0.1, -0.05) is 72.8 Å². The molecule has 0 bridgehead atoms. The van der Waals surface area contributed by atoms with Crippen LogP contribution in [0.4, 0.5) is 0 Å². The Labute approximate surface area is 141 Å². The monoisotopic (exact) mass is 324 g/mol. The second kappa shape index (κ2) is 9.27. The molecule has 24 heavy (non-hydrogen) atoms. The third-order valence-corrected chi connectivity index (χ3v) is 3.38. The van der Waals surface area contributed by atoms with E-state index in [1.165, 1.54) is 0 Å². The van der Waals surface area contributed by atoms with Crippen LogP contribution in [-0.4, -0.2) is 23.0 Å². The van der Waals surface area contributed by atoms with Crippen LogP contribution in [0, 0.1) is 0 Å². The van der Waals surface area contributed by atoms with Crippen molar-refractivity contribution < 1.29 is 14.7 Å². The summed E-state index contributed by atoms with van der Waals surface area (Å²) in [7, 11) is 0. The summed E-state index contributed by atoms with van der Waals surface area (Å²) >= 11 is 0. The average molecular weight is 324 g/mol. The van der Waals surface area contributed by atoms with Crippen molar-refractivity contribution in [1.82, 2.24) is 10.9 Å². The molecule has 1 unspecified atom stereocenters. The number of hydrogen-bond acceptors (Lipinski definition) is 3. The van der Waals surface area contributed by atoms with Gasteiger partial charge in [-0.2, -0.15) is 0 Å². The van der Waals surface area contributed by atoms with Crippen LogP contribution in [0.1, 0.15) is 17.5 Å². The van der Waals surface area contributed by atoms with E-state index in [4.69, 9.17) is 0 Å². The molecule has 0 aromatic heterocycles. The number of aliphatic carboxylic acids is 1. The first kappa shape index (κ1) is 17.4. The molecule has 3 N–H and O–H groups in total. The molecule has 0 aliphatic carbocycles. The second-order valence-electron chi connectivity index (χ2n) is 5.29. The fraction of sp³-hybridized carbons (Fsp3) is 0.158. The molecule has 5 nitrogen and oxygen atoms in total. The van der Waals surface area contributed by atoms with E-state index >= 15 is 0 Å². The molecule has 0 saturated heterocycles. The summed E-state index contributed by atoms with van der Waals surface area (Å²) in [6.07, 6.45) is 4.04. The van der Waals surface area contributed by atoms with Crippen LogP contribution in [-0.2, 0) is 16.0 Å². The molecule has 1 amide bonds. The third kappa shape index (κ3) is 6.06. The van der Waals surface area contributed by atoms with Gasteiger partial charge in [0.05, 0.1) is 0 Å². The van der Waals surface area contributed by atoms with E-state index in [-0.39, 0.29) is 18.7 Å².